The largest absolute Gasteiger partial charge is 0.396 e. The minimum atomic E-state index is 0.165. The monoisotopic (exact) mass is 249 g/mol. The zero-order chi connectivity index (χ0) is 13.9. The predicted molar refractivity (Wildman–Crippen MR) is 78.0 cm³/mol. The first kappa shape index (κ1) is 15.2. The van der Waals surface area contributed by atoms with Crippen molar-refractivity contribution in [1.82, 2.24) is 4.90 Å². The molecule has 0 radical (unpaired) electrons. The van der Waals surface area contributed by atoms with Crippen molar-refractivity contribution in [3.8, 4) is 0 Å². The van der Waals surface area contributed by atoms with Gasteiger partial charge in [0.2, 0.25) is 0 Å². The molecule has 1 aromatic carbocycles. The molecule has 0 spiro atoms. The van der Waals surface area contributed by atoms with E-state index in [2.05, 4.69) is 64.9 Å². The third-order valence-electron chi connectivity index (χ3n) is 3.53. The lowest BCUT2D eigenvalue weighted by Gasteiger charge is -2.28. The molecular weight excluding hydrogens is 222 g/mol. The highest BCUT2D eigenvalue weighted by atomic mass is 16.3. The fraction of sp³-hybridized carbons (Fsp3) is 0.625. The van der Waals surface area contributed by atoms with Gasteiger partial charge in [-0.15, -0.1) is 0 Å². The Morgan fingerprint density at radius 3 is 2.28 bits per heavy atom. The smallest absolute Gasteiger partial charge is 0.0449 e. The third kappa shape index (κ3) is 3.56. The molecule has 0 bridgehead atoms. The van der Waals surface area contributed by atoms with Crippen LogP contribution in [-0.2, 0) is 5.41 Å². The van der Waals surface area contributed by atoms with E-state index in [1.54, 1.807) is 0 Å². The molecule has 0 fully saturated rings. The molecule has 1 unspecified atom stereocenters. The average molecular weight is 249 g/mol. The van der Waals surface area contributed by atoms with Crippen molar-refractivity contribution >= 4 is 0 Å². The average Bonchev–Trinajstić information content (AvgIpc) is 2.25. The zero-order valence-corrected chi connectivity index (χ0v) is 12.6. The normalized spacial score (nSPS) is 14.0. The summed E-state index contributed by atoms with van der Waals surface area (Å²) in [6, 6.07) is 7.00. The fourth-order valence-electron chi connectivity index (χ4n) is 2.28. The van der Waals surface area contributed by atoms with Crippen molar-refractivity contribution in [3.63, 3.8) is 0 Å². The zero-order valence-electron chi connectivity index (χ0n) is 12.6. The molecule has 2 heteroatoms. The molecule has 0 heterocycles. The Kier molecular flexibility index (Phi) is 4.94. The van der Waals surface area contributed by atoms with Gasteiger partial charge in [-0.25, -0.2) is 0 Å². The van der Waals surface area contributed by atoms with Gasteiger partial charge in [-0.3, -0.25) is 0 Å². The highest BCUT2D eigenvalue weighted by Crippen LogP contribution is 2.30. The molecule has 0 aromatic heterocycles. The first-order chi connectivity index (χ1) is 8.27. The Bertz CT molecular complexity index is 391. The van der Waals surface area contributed by atoms with Crippen LogP contribution in [0.3, 0.4) is 0 Å². The molecule has 1 aromatic rings. The van der Waals surface area contributed by atoms with E-state index in [0.717, 1.165) is 6.42 Å². The van der Waals surface area contributed by atoms with E-state index in [4.69, 9.17) is 0 Å². The van der Waals surface area contributed by atoms with Gasteiger partial charge in [0, 0.05) is 12.6 Å². The molecule has 0 aliphatic rings. The van der Waals surface area contributed by atoms with Crippen LogP contribution in [-0.4, -0.2) is 30.7 Å². The van der Waals surface area contributed by atoms with Crippen LogP contribution in [0.2, 0.25) is 0 Å². The first-order valence-electron chi connectivity index (χ1n) is 6.65. The van der Waals surface area contributed by atoms with E-state index in [9.17, 15) is 5.11 Å². The highest BCUT2D eigenvalue weighted by molar-refractivity contribution is 5.36. The number of hydrogen-bond acceptors (Lipinski definition) is 2. The van der Waals surface area contributed by atoms with Crippen molar-refractivity contribution in [1.29, 1.82) is 0 Å². The number of nitrogens with zero attached hydrogens (tertiary/aromatic N) is 1. The topological polar surface area (TPSA) is 23.5 Å². The number of rotatable bonds is 4. The second-order valence-electron chi connectivity index (χ2n) is 6.31. The number of hydrogen-bond donors (Lipinski definition) is 1. The van der Waals surface area contributed by atoms with Gasteiger partial charge in [-0.05, 0) is 49.5 Å². The van der Waals surface area contributed by atoms with Crippen molar-refractivity contribution in [2.24, 2.45) is 0 Å². The lowest BCUT2D eigenvalue weighted by Crippen LogP contribution is -2.23. The SMILES string of the molecule is Cc1ccc(C(C)(C)C)cc1C(CCO)N(C)C. The van der Waals surface area contributed by atoms with Gasteiger partial charge in [-0.1, -0.05) is 39.0 Å². The van der Waals surface area contributed by atoms with Crippen LogP contribution in [0.15, 0.2) is 18.2 Å². The molecule has 0 aliphatic carbocycles. The van der Waals surface area contributed by atoms with E-state index >= 15 is 0 Å². The standard InChI is InChI=1S/C16H27NO/c1-12-7-8-13(16(2,3)4)11-14(12)15(9-10-18)17(5)6/h7-8,11,15,18H,9-10H2,1-6H3. The van der Waals surface area contributed by atoms with E-state index in [1.807, 2.05) is 0 Å². The van der Waals surface area contributed by atoms with Crippen molar-refractivity contribution < 1.29 is 5.11 Å². The molecule has 1 rings (SSSR count). The molecule has 0 aliphatic heterocycles. The van der Waals surface area contributed by atoms with Crippen LogP contribution in [0.25, 0.3) is 0 Å². The second-order valence-corrected chi connectivity index (χ2v) is 6.31. The van der Waals surface area contributed by atoms with Crippen molar-refractivity contribution in [2.45, 2.75) is 45.6 Å². The maximum absolute atomic E-state index is 9.24. The summed E-state index contributed by atoms with van der Waals surface area (Å²) in [6.45, 7) is 9.08. The van der Waals surface area contributed by atoms with Crippen molar-refractivity contribution in [3.05, 3.63) is 34.9 Å². The minimum absolute atomic E-state index is 0.165. The minimum Gasteiger partial charge on any atom is -0.396 e. The quantitative estimate of drug-likeness (QED) is 0.885. The highest BCUT2D eigenvalue weighted by Gasteiger charge is 2.20. The van der Waals surface area contributed by atoms with Crippen LogP contribution in [0.5, 0.6) is 0 Å². The fourth-order valence-corrected chi connectivity index (χ4v) is 2.28. The Morgan fingerprint density at radius 2 is 1.83 bits per heavy atom. The van der Waals surface area contributed by atoms with Crippen LogP contribution >= 0.6 is 0 Å². The summed E-state index contributed by atoms with van der Waals surface area (Å²) in [5.74, 6) is 0. The number of aliphatic hydroxyl groups is 1. The molecule has 0 amide bonds. The van der Waals surface area contributed by atoms with Gasteiger partial charge in [0.15, 0.2) is 0 Å². The maximum atomic E-state index is 9.24. The Morgan fingerprint density at radius 1 is 1.22 bits per heavy atom. The lowest BCUT2D eigenvalue weighted by molar-refractivity contribution is 0.210. The Hall–Kier alpha value is -0.860. The maximum Gasteiger partial charge on any atom is 0.0449 e. The van der Waals surface area contributed by atoms with Gasteiger partial charge in [0.25, 0.3) is 0 Å². The van der Waals surface area contributed by atoms with Gasteiger partial charge in [0.05, 0.1) is 0 Å². The molecule has 2 nitrogen and oxygen atoms in total. The van der Waals surface area contributed by atoms with E-state index in [-0.39, 0.29) is 18.1 Å². The molecule has 1 atom stereocenters. The Balaban J connectivity index is 3.20. The van der Waals surface area contributed by atoms with Crippen molar-refractivity contribution in [2.75, 3.05) is 20.7 Å². The van der Waals surface area contributed by atoms with E-state index in [0.29, 0.717) is 0 Å². The Labute approximate surface area is 112 Å². The summed E-state index contributed by atoms with van der Waals surface area (Å²) in [5.41, 5.74) is 4.16. The van der Waals surface area contributed by atoms with Gasteiger partial charge in [-0.2, -0.15) is 0 Å². The molecule has 18 heavy (non-hydrogen) atoms. The van der Waals surface area contributed by atoms with Gasteiger partial charge >= 0.3 is 0 Å². The molecule has 0 saturated carbocycles. The summed E-state index contributed by atoms with van der Waals surface area (Å²) >= 11 is 0. The summed E-state index contributed by atoms with van der Waals surface area (Å²) in [4.78, 5) is 2.19. The van der Waals surface area contributed by atoms with Gasteiger partial charge < -0.3 is 10.0 Å². The molecular formula is C16H27NO. The number of aliphatic hydroxyl groups excluding tert-OH is 1. The van der Waals surface area contributed by atoms with Crippen LogP contribution in [0.4, 0.5) is 0 Å². The van der Waals surface area contributed by atoms with Crippen LogP contribution in [0, 0.1) is 6.92 Å². The summed E-state index contributed by atoms with van der Waals surface area (Å²) in [7, 11) is 4.15. The molecule has 0 saturated heterocycles. The van der Waals surface area contributed by atoms with Crippen LogP contribution < -0.4 is 0 Å². The van der Waals surface area contributed by atoms with E-state index in [1.165, 1.54) is 16.7 Å². The molecule has 1 N–H and O–H groups in total. The summed E-state index contributed by atoms with van der Waals surface area (Å²) in [6.07, 6.45) is 0.779. The van der Waals surface area contributed by atoms with Crippen LogP contribution in [0.1, 0.15) is 49.9 Å². The second kappa shape index (κ2) is 5.85. The van der Waals surface area contributed by atoms with E-state index < -0.39 is 0 Å². The van der Waals surface area contributed by atoms with Gasteiger partial charge in [0.1, 0.15) is 0 Å². The molecule has 102 valence electrons. The summed E-state index contributed by atoms with van der Waals surface area (Å²) < 4.78 is 0. The lowest BCUT2D eigenvalue weighted by atomic mass is 9.84. The summed E-state index contributed by atoms with van der Waals surface area (Å²) in [5, 5.41) is 9.24. The first-order valence-corrected chi connectivity index (χ1v) is 6.65. The number of benzene rings is 1. The number of aryl methyl sites for hydroxylation is 1. The third-order valence-corrected chi connectivity index (χ3v) is 3.53. The predicted octanol–water partition coefficient (Wildman–Crippen LogP) is 3.28.